The van der Waals surface area contributed by atoms with Crippen molar-refractivity contribution in [3.63, 3.8) is 0 Å². The van der Waals surface area contributed by atoms with Crippen LogP contribution in [-0.2, 0) is 9.53 Å². The van der Waals surface area contributed by atoms with Crippen molar-refractivity contribution in [3.05, 3.63) is 23.5 Å². The van der Waals surface area contributed by atoms with Crippen molar-refractivity contribution in [3.8, 4) is 6.07 Å². The molecule has 6 nitrogen and oxygen atoms in total. The highest BCUT2D eigenvalue weighted by molar-refractivity contribution is 6.00. The number of nitrogens with two attached hydrogens (primary N) is 1. The third kappa shape index (κ3) is 2.70. The number of rotatable bonds is 3. The predicted octanol–water partition coefficient (Wildman–Crippen LogP) is 0.508. The van der Waals surface area contributed by atoms with Crippen LogP contribution in [0.3, 0.4) is 0 Å². The Morgan fingerprint density at radius 2 is 2.17 bits per heavy atom. The lowest BCUT2D eigenvalue weighted by atomic mass is 10.2. The molecule has 6 heteroatoms. The average Bonchev–Trinajstić information content (AvgIpc) is 2.85. The molecule has 0 aromatic carbocycles. The van der Waals surface area contributed by atoms with Crippen molar-refractivity contribution in [2.24, 2.45) is 5.73 Å². The number of amides is 1. The van der Waals surface area contributed by atoms with Crippen LogP contribution in [0.25, 0.3) is 6.08 Å². The van der Waals surface area contributed by atoms with Crippen LogP contribution in [0.4, 0.5) is 5.88 Å². The van der Waals surface area contributed by atoms with Crippen LogP contribution in [0.2, 0.25) is 0 Å². The number of anilines is 1. The van der Waals surface area contributed by atoms with Gasteiger partial charge in [-0.15, -0.1) is 0 Å². The number of primary amides is 1. The van der Waals surface area contributed by atoms with Gasteiger partial charge in [0.1, 0.15) is 17.4 Å². The van der Waals surface area contributed by atoms with Gasteiger partial charge in [-0.2, -0.15) is 5.26 Å². The molecule has 2 N–H and O–H groups in total. The van der Waals surface area contributed by atoms with E-state index >= 15 is 0 Å². The second kappa shape index (κ2) is 5.38. The first-order chi connectivity index (χ1) is 8.70. The Labute approximate surface area is 104 Å². The van der Waals surface area contributed by atoms with Gasteiger partial charge < -0.3 is 19.8 Å². The SMILES string of the molecule is N#C/C(=C/c1ccc(N2CCOCC2)o1)C(N)=O. The third-order valence-corrected chi connectivity index (χ3v) is 2.61. The minimum Gasteiger partial charge on any atom is -0.441 e. The zero-order chi connectivity index (χ0) is 13.0. The molecule has 1 aromatic heterocycles. The van der Waals surface area contributed by atoms with Gasteiger partial charge in [-0.1, -0.05) is 0 Å². The summed E-state index contributed by atoms with van der Waals surface area (Å²) in [5.41, 5.74) is 4.92. The first-order valence-corrected chi connectivity index (χ1v) is 5.55. The van der Waals surface area contributed by atoms with Crippen molar-refractivity contribution in [1.82, 2.24) is 0 Å². The third-order valence-electron chi connectivity index (χ3n) is 2.61. The van der Waals surface area contributed by atoms with Gasteiger partial charge in [-0.3, -0.25) is 4.79 Å². The highest BCUT2D eigenvalue weighted by atomic mass is 16.5. The van der Waals surface area contributed by atoms with Crippen LogP contribution >= 0.6 is 0 Å². The van der Waals surface area contributed by atoms with E-state index < -0.39 is 5.91 Å². The van der Waals surface area contributed by atoms with E-state index in [2.05, 4.69) is 0 Å². The van der Waals surface area contributed by atoms with E-state index in [0.29, 0.717) is 24.9 Å². The fourth-order valence-electron chi connectivity index (χ4n) is 1.67. The van der Waals surface area contributed by atoms with Crippen LogP contribution in [0.15, 0.2) is 22.1 Å². The van der Waals surface area contributed by atoms with Crippen LogP contribution in [0, 0.1) is 11.3 Å². The Bertz CT molecular complexity index is 507. The Morgan fingerprint density at radius 3 is 2.78 bits per heavy atom. The number of hydrogen-bond donors (Lipinski definition) is 1. The zero-order valence-electron chi connectivity index (χ0n) is 9.76. The molecule has 1 amide bonds. The largest absolute Gasteiger partial charge is 0.441 e. The summed E-state index contributed by atoms with van der Waals surface area (Å²) in [5, 5.41) is 8.73. The van der Waals surface area contributed by atoms with Crippen LogP contribution in [0.5, 0.6) is 0 Å². The van der Waals surface area contributed by atoms with Gasteiger partial charge in [0.25, 0.3) is 5.91 Å². The van der Waals surface area contributed by atoms with E-state index in [1.165, 1.54) is 6.08 Å². The lowest BCUT2D eigenvalue weighted by Gasteiger charge is -2.26. The summed E-state index contributed by atoms with van der Waals surface area (Å²) < 4.78 is 10.8. The van der Waals surface area contributed by atoms with Crippen LogP contribution in [-0.4, -0.2) is 32.2 Å². The molecule has 1 saturated heterocycles. The number of carbonyl (C=O) groups is 1. The van der Waals surface area contributed by atoms with E-state index in [9.17, 15) is 4.79 Å². The van der Waals surface area contributed by atoms with Crippen molar-refractivity contribution in [1.29, 1.82) is 5.26 Å². The molecule has 0 unspecified atom stereocenters. The van der Waals surface area contributed by atoms with Gasteiger partial charge in [0, 0.05) is 25.2 Å². The fraction of sp³-hybridized carbons (Fsp3) is 0.333. The van der Waals surface area contributed by atoms with Gasteiger partial charge in [0.05, 0.1) is 13.2 Å². The normalized spacial score (nSPS) is 16.4. The summed E-state index contributed by atoms with van der Waals surface area (Å²) in [6.07, 6.45) is 1.34. The molecule has 0 spiro atoms. The molecule has 1 aliphatic heterocycles. The van der Waals surface area contributed by atoms with Crippen LogP contribution in [0.1, 0.15) is 5.76 Å². The number of morpholine rings is 1. The van der Waals surface area contributed by atoms with Gasteiger partial charge >= 0.3 is 0 Å². The van der Waals surface area contributed by atoms with E-state index in [1.54, 1.807) is 18.2 Å². The molecule has 0 atom stereocenters. The molecule has 94 valence electrons. The van der Waals surface area contributed by atoms with Gasteiger partial charge in [-0.25, -0.2) is 0 Å². The Kier molecular flexibility index (Phi) is 3.65. The predicted molar refractivity (Wildman–Crippen MR) is 64.5 cm³/mol. The number of carbonyl (C=O) groups excluding carboxylic acids is 1. The van der Waals surface area contributed by atoms with Crippen molar-refractivity contribution >= 4 is 17.9 Å². The summed E-state index contributed by atoms with van der Waals surface area (Å²) in [6.45, 7) is 2.85. The van der Waals surface area contributed by atoms with Crippen molar-refractivity contribution < 1.29 is 13.9 Å². The van der Waals surface area contributed by atoms with Crippen molar-refractivity contribution in [2.75, 3.05) is 31.2 Å². The Balaban J connectivity index is 2.15. The summed E-state index contributed by atoms with van der Waals surface area (Å²) >= 11 is 0. The van der Waals surface area contributed by atoms with Crippen molar-refractivity contribution in [2.45, 2.75) is 0 Å². The average molecular weight is 247 g/mol. The van der Waals surface area contributed by atoms with Crippen LogP contribution < -0.4 is 10.6 Å². The zero-order valence-corrected chi connectivity index (χ0v) is 9.76. The first kappa shape index (κ1) is 12.2. The molecule has 1 aliphatic rings. The summed E-state index contributed by atoms with van der Waals surface area (Å²) in [5.74, 6) is 0.375. The van der Waals surface area contributed by atoms with E-state index in [-0.39, 0.29) is 5.57 Å². The molecular formula is C12H13N3O3. The van der Waals surface area contributed by atoms with Gasteiger partial charge in [0.15, 0.2) is 5.88 Å². The lowest BCUT2D eigenvalue weighted by Crippen LogP contribution is -2.35. The second-order valence-electron chi connectivity index (χ2n) is 3.81. The van der Waals surface area contributed by atoms with E-state index in [4.69, 9.17) is 20.1 Å². The molecule has 2 rings (SSSR count). The summed E-state index contributed by atoms with van der Waals surface area (Å²) in [4.78, 5) is 12.9. The topological polar surface area (TPSA) is 92.5 Å². The molecule has 1 fully saturated rings. The van der Waals surface area contributed by atoms with Gasteiger partial charge in [-0.05, 0) is 6.07 Å². The Hall–Kier alpha value is -2.26. The maximum atomic E-state index is 10.9. The highest BCUT2D eigenvalue weighted by Gasteiger charge is 2.14. The molecule has 0 saturated carbocycles. The Morgan fingerprint density at radius 1 is 1.44 bits per heavy atom. The molecule has 18 heavy (non-hydrogen) atoms. The van der Waals surface area contributed by atoms with Gasteiger partial charge in [0.2, 0.25) is 0 Å². The number of furan rings is 1. The molecule has 2 heterocycles. The minimum absolute atomic E-state index is 0.127. The monoisotopic (exact) mass is 247 g/mol. The number of nitriles is 1. The first-order valence-electron chi connectivity index (χ1n) is 5.55. The van der Waals surface area contributed by atoms with E-state index in [0.717, 1.165) is 13.1 Å². The molecular weight excluding hydrogens is 234 g/mol. The lowest BCUT2D eigenvalue weighted by molar-refractivity contribution is -0.114. The maximum absolute atomic E-state index is 10.9. The smallest absolute Gasteiger partial charge is 0.259 e. The quantitative estimate of drug-likeness (QED) is 0.620. The minimum atomic E-state index is -0.762. The summed E-state index contributed by atoms with van der Waals surface area (Å²) in [6, 6.07) is 5.23. The number of hydrogen-bond acceptors (Lipinski definition) is 5. The molecule has 1 aromatic rings. The number of nitrogens with zero attached hydrogens (tertiary/aromatic N) is 2. The maximum Gasteiger partial charge on any atom is 0.259 e. The standard InChI is InChI=1S/C12H13N3O3/c13-8-9(12(14)16)7-10-1-2-11(18-10)15-3-5-17-6-4-15/h1-2,7H,3-6H2,(H2,14,16)/b9-7-. The fourth-order valence-corrected chi connectivity index (χ4v) is 1.67. The number of ether oxygens (including phenoxy) is 1. The second-order valence-corrected chi connectivity index (χ2v) is 3.81. The molecule has 0 aliphatic carbocycles. The molecule has 0 bridgehead atoms. The molecule has 0 radical (unpaired) electrons. The summed E-state index contributed by atoms with van der Waals surface area (Å²) in [7, 11) is 0. The van der Waals surface area contributed by atoms with E-state index in [1.807, 2.05) is 4.90 Å². The highest BCUT2D eigenvalue weighted by Crippen LogP contribution is 2.21.